The maximum absolute atomic E-state index is 12.4. The third kappa shape index (κ3) is 5.39. The molecule has 0 aliphatic heterocycles. The highest BCUT2D eigenvalue weighted by Gasteiger charge is 2.21. The van der Waals surface area contributed by atoms with Gasteiger partial charge in [0.15, 0.2) is 0 Å². The van der Waals surface area contributed by atoms with E-state index in [1.165, 1.54) is 6.07 Å². The minimum absolute atomic E-state index is 0.0523. The molecule has 26 heavy (non-hydrogen) atoms. The summed E-state index contributed by atoms with van der Waals surface area (Å²) in [6, 6.07) is 10.3. The number of hydrogen-bond donors (Lipinski definition) is 3. The highest BCUT2D eigenvalue weighted by Crippen LogP contribution is 2.26. The molecule has 0 radical (unpaired) electrons. The Morgan fingerprint density at radius 3 is 2.38 bits per heavy atom. The van der Waals surface area contributed by atoms with Gasteiger partial charge >= 0.3 is 5.97 Å². The highest BCUT2D eigenvalue weighted by atomic mass is 35.5. The summed E-state index contributed by atoms with van der Waals surface area (Å²) in [4.78, 5) is 23.9. The smallest absolute Gasteiger partial charge is 0.326 e. The van der Waals surface area contributed by atoms with Crippen LogP contribution < -0.4 is 15.8 Å². The van der Waals surface area contributed by atoms with E-state index in [1.807, 2.05) is 13.8 Å². The standard InChI is InChI=1S/C19H21ClN2O4/c1-11(2)26-17-8-5-13(10-15(17)20)18(23)22-16(19(24)25)9-12-3-6-14(21)7-4-12/h3-8,10-11,16H,9,21H2,1-2H3,(H,22,23)(H,24,25). The Kier molecular flexibility index (Phi) is 6.46. The van der Waals surface area contributed by atoms with Crippen LogP contribution in [0.25, 0.3) is 0 Å². The van der Waals surface area contributed by atoms with Crippen molar-refractivity contribution in [2.45, 2.75) is 32.4 Å². The van der Waals surface area contributed by atoms with Crippen LogP contribution in [0.1, 0.15) is 29.8 Å². The minimum atomic E-state index is -1.12. The monoisotopic (exact) mass is 376 g/mol. The summed E-state index contributed by atoms with van der Waals surface area (Å²) in [5.41, 5.74) is 7.22. The molecule has 0 fully saturated rings. The van der Waals surface area contributed by atoms with E-state index in [9.17, 15) is 14.7 Å². The normalized spacial score (nSPS) is 11.8. The lowest BCUT2D eigenvalue weighted by Crippen LogP contribution is -2.42. The molecule has 2 aromatic carbocycles. The molecule has 6 nitrogen and oxygen atoms in total. The zero-order valence-electron chi connectivity index (χ0n) is 14.5. The summed E-state index contributed by atoms with van der Waals surface area (Å²) in [6.07, 6.45) is 0.0902. The molecule has 0 heterocycles. The molecule has 0 aromatic heterocycles. The maximum Gasteiger partial charge on any atom is 0.326 e. The quantitative estimate of drug-likeness (QED) is 0.644. The fraction of sp³-hybridized carbons (Fsp3) is 0.263. The molecule has 0 bridgehead atoms. The Labute approximate surface area is 156 Å². The van der Waals surface area contributed by atoms with Crippen molar-refractivity contribution in [1.82, 2.24) is 5.32 Å². The first-order valence-corrected chi connectivity index (χ1v) is 8.48. The van der Waals surface area contributed by atoms with Gasteiger partial charge in [-0.3, -0.25) is 4.79 Å². The lowest BCUT2D eigenvalue weighted by Gasteiger charge is -2.16. The fourth-order valence-corrected chi connectivity index (χ4v) is 2.55. The Morgan fingerprint density at radius 1 is 1.19 bits per heavy atom. The molecular weight excluding hydrogens is 356 g/mol. The van der Waals surface area contributed by atoms with Gasteiger partial charge in [0.25, 0.3) is 5.91 Å². The molecule has 2 rings (SSSR count). The molecule has 0 aliphatic rings. The number of ether oxygens (including phenoxy) is 1. The van der Waals surface area contributed by atoms with Gasteiger partial charge in [0, 0.05) is 17.7 Å². The zero-order chi connectivity index (χ0) is 19.3. The number of anilines is 1. The number of aliphatic carboxylic acids is 1. The van der Waals surface area contributed by atoms with E-state index in [0.29, 0.717) is 11.4 Å². The van der Waals surface area contributed by atoms with Crippen LogP contribution in [0.2, 0.25) is 5.02 Å². The lowest BCUT2D eigenvalue weighted by molar-refractivity contribution is -0.139. The van der Waals surface area contributed by atoms with Gasteiger partial charge < -0.3 is 20.9 Å². The molecule has 2 aromatic rings. The van der Waals surface area contributed by atoms with Crippen LogP contribution >= 0.6 is 11.6 Å². The van der Waals surface area contributed by atoms with E-state index in [2.05, 4.69) is 5.32 Å². The second kappa shape index (κ2) is 8.58. The Morgan fingerprint density at radius 2 is 1.85 bits per heavy atom. The number of hydrogen-bond acceptors (Lipinski definition) is 4. The van der Waals surface area contributed by atoms with Crippen molar-refractivity contribution in [3.05, 3.63) is 58.6 Å². The summed E-state index contributed by atoms with van der Waals surface area (Å²) in [5.74, 6) is -1.18. The molecule has 4 N–H and O–H groups in total. The van der Waals surface area contributed by atoms with E-state index in [1.54, 1.807) is 36.4 Å². The van der Waals surface area contributed by atoms with Gasteiger partial charge in [-0.05, 0) is 49.7 Å². The van der Waals surface area contributed by atoms with Crippen LogP contribution in [-0.2, 0) is 11.2 Å². The first-order valence-electron chi connectivity index (χ1n) is 8.10. The first-order chi connectivity index (χ1) is 12.3. The van der Waals surface area contributed by atoms with Crippen molar-refractivity contribution in [2.75, 3.05) is 5.73 Å². The number of carbonyl (C=O) groups excluding carboxylic acids is 1. The van der Waals surface area contributed by atoms with Gasteiger partial charge in [0.1, 0.15) is 11.8 Å². The van der Waals surface area contributed by atoms with Crippen LogP contribution in [0.5, 0.6) is 5.75 Å². The Balaban J connectivity index is 2.10. The average molecular weight is 377 g/mol. The van der Waals surface area contributed by atoms with Crippen LogP contribution in [0.3, 0.4) is 0 Å². The van der Waals surface area contributed by atoms with E-state index in [0.717, 1.165) is 5.56 Å². The maximum atomic E-state index is 12.4. The van der Waals surface area contributed by atoms with Crippen LogP contribution in [-0.4, -0.2) is 29.1 Å². The SMILES string of the molecule is CC(C)Oc1ccc(C(=O)NC(Cc2ccc(N)cc2)C(=O)O)cc1Cl. The van der Waals surface area contributed by atoms with Crippen LogP contribution in [0, 0.1) is 0 Å². The molecule has 7 heteroatoms. The Bertz CT molecular complexity index is 791. The molecule has 138 valence electrons. The number of rotatable bonds is 7. The number of amides is 1. The average Bonchev–Trinajstić information content (AvgIpc) is 2.57. The van der Waals surface area contributed by atoms with Crippen LogP contribution in [0.15, 0.2) is 42.5 Å². The number of nitrogens with one attached hydrogen (secondary N) is 1. The molecular formula is C19H21ClN2O4. The number of nitrogens with two attached hydrogens (primary N) is 1. The van der Waals surface area contributed by atoms with Gasteiger partial charge in [-0.25, -0.2) is 4.79 Å². The summed E-state index contributed by atoms with van der Waals surface area (Å²) in [7, 11) is 0. The highest BCUT2D eigenvalue weighted by molar-refractivity contribution is 6.32. The second-order valence-electron chi connectivity index (χ2n) is 6.12. The van der Waals surface area contributed by atoms with Crippen molar-refractivity contribution < 1.29 is 19.4 Å². The fourth-order valence-electron chi connectivity index (χ4n) is 2.32. The summed E-state index contributed by atoms with van der Waals surface area (Å²) >= 11 is 6.13. The van der Waals surface area contributed by atoms with E-state index < -0.39 is 17.9 Å². The van der Waals surface area contributed by atoms with Gasteiger partial charge in [-0.1, -0.05) is 23.7 Å². The van der Waals surface area contributed by atoms with Gasteiger partial charge in [-0.15, -0.1) is 0 Å². The molecule has 1 unspecified atom stereocenters. The summed E-state index contributed by atoms with van der Waals surface area (Å²) in [6.45, 7) is 3.73. The third-order valence-electron chi connectivity index (χ3n) is 3.58. The molecule has 0 spiro atoms. The van der Waals surface area contributed by atoms with Gasteiger partial charge in [0.05, 0.1) is 11.1 Å². The second-order valence-corrected chi connectivity index (χ2v) is 6.53. The predicted octanol–water partition coefficient (Wildman–Crippen LogP) is 3.14. The first kappa shape index (κ1) is 19.6. The third-order valence-corrected chi connectivity index (χ3v) is 3.88. The number of nitrogen functional groups attached to an aromatic ring is 1. The minimum Gasteiger partial charge on any atom is -0.489 e. The van der Waals surface area contributed by atoms with Crippen molar-refractivity contribution in [2.24, 2.45) is 0 Å². The number of carbonyl (C=O) groups is 2. The van der Waals surface area contributed by atoms with E-state index in [4.69, 9.17) is 22.1 Å². The Hall–Kier alpha value is -2.73. The molecule has 1 amide bonds. The molecule has 0 saturated carbocycles. The number of benzene rings is 2. The number of carboxylic acid groups (broad SMARTS) is 1. The number of carboxylic acids is 1. The summed E-state index contributed by atoms with van der Waals surface area (Å²) in [5, 5.41) is 12.2. The largest absolute Gasteiger partial charge is 0.489 e. The predicted molar refractivity (Wildman–Crippen MR) is 101 cm³/mol. The lowest BCUT2D eigenvalue weighted by atomic mass is 10.0. The van der Waals surface area contributed by atoms with E-state index in [-0.39, 0.29) is 23.1 Å². The number of halogens is 1. The zero-order valence-corrected chi connectivity index (χ0v) is 15.3. The van der Waals surface area contributed by atoms with E-state index >= 15 is 0 Å². The van der Waals surface area contributed by atoms with Crippen LogP contribution in [0.4, 0.5) is 5.69 Å². The van der Waals surface area contributed by atoms with Crippen molar-refractivity contribution in [3.63, 3.8) is 0 Å². The topological polar surface area (TPSA) is 102 Å². The van der Waals surface area contributed by atoms with Crippen molar-refractivity contribution in [3.8, 4) is 5.75 Å². The molecule has 0 saturated heterocycles. The molecule has 0 aliphatic carbocycles. The van der Waals surface area contributed by atoms with Crippen molar-refractivity contribution in [1.29, 1.82) is 0 Å². The van der Waals surface area contributed by atoms with Gasteiger partial charge in [-0.2, -0.15) is 0 Å². The molecule has 1 atom stereocenters. The van der Waals surface area contributed by atoms with Crippen molar-refractivity contribution >= 4 is 29.2 Å². The summed E-state index contributed by atoms with van der Waals surface area (Å²) < 4.78 is 5.52. The van der Waals surface area contributed by atoms with Gasteiger partial charge in [0.2, 0.25) is 0 Å².